The first-order chi connectivity index (χ1) is 9.95. The van der Waals surface area contributed by atoms with Gasteiger partial charge < -0.3 is 20.1 Å². The predicted molar refractivity (Wildman–Crippen MR) is 75.8 cm³/mol. The first-order valence-electron chi connectivity index (χ1n) is 7.37. The number of carbonyl (C=O) groups excluding carboxylic acids is 2. The van der Waals surface area contributed by atoms with Crippen molar-refractivity contribution in [2.45, 2.75) is 39.5 Å². The van der Waals surface area contributed by atoms with E-state index < -0.39 is 11.4 Å². The molecule has 2 amide bonds. The van der Waals surface area contributed by atoms with Crippen LogP contribution in [0.25, 0.3) is 0 Å². The highest BCUT2D eigenvalue weighted by molar-refractivity contribution is 5.79. The Bertz CT molecular complexity index is 399. The van der Waals surface area contributed by atoms with Crippen molar-refractivity contribution in [3.8, 4) is 0 Å². The summed E-state index contributed by atoms with van der Waals surface area (Å²) in [5.41, 5.74) is -0.850. The van der Waals surface area contributed by atoms with Crippen LogP contribution in [0, 0.1) is 5.41 Å². The molecule has 1 atom stereocenters. The minimum atomic E-state index is -0.853. The average molecular weight is 300 g/mol. The Hall–Kier alpha value is -1.79. The van der Waals surface area contributed by atoms with Gasteiger partial charge in [-0.1, -0.05) is 6.92 Å². The summed E-state index contributed by atoms with van der Waals surface area (Å²) in [6.07, 6.45) is 1.87. The van der Waals surface area contributed by atoms with Crippen molar-refractivity contribution in [2.75, 3.05) is 26.2 Å². The number of rotatable bonds is 6. The van der Waals surface area contributed by atoms with Crippen LogP contribution in [0.1, 0.15) is 39.5 Å². The standard InChI is InChI=1S/C14H24N2O5/c1-3-14(12(18)19)7-5-9-16(10-14)13(20)15-8-6-11(17)21-4-2/h3-10H2,1-2H3,(H,15,20)(H,18,19). The number of amides is 2. The molecule has 0 aliphatic carbocycles. The Kier molecular flexibility index (Phi) is 6.45. The lowest BCUT2D eigenvalue weighted by Crippen LogP contribution is -2.52. The van der Waals surface area contributed by atoms with Crippen LogP contribution >= 0.6 is 0 Å². The smallest absolute Gasteiger partial charge is 0.317 e. The molecule has 120 valence electrons. The van der Waals surface area contributed by atoms with E-state index in [2.05, 4.69) is 5.32 Å². The summed E-state index contributed by atoms with van der Waals surface area (Å²) in [6.45, 7) is 4.82. The first-order valence-corrected chi connectivity index (χ1v) is 7.37. The fourth-order valence-corrected chi connectivity index (χ4v) is 2.54. The van der Waals surface area contributed by atoms with Gasteiger partial charge in [0, 0.05) is 19.6 Å². The van der Waals surface area contributed by atoms with Crippen LogP contribution < -0.4 is 5.32 Å². The Balaban J connectivity index is 2.47. The van der Waals surface area contributed by atoms with Crippen molar-refractivity contribution in [3.63, 3.8) is 0 Å². The zero-order valence-corrected chi connectivity index (χ0v) is 12.7. The number of carbonyl (C=O) groups is 3. The molecule has 21 heavy (non-hydrogen) atoms. The third-order valence-electron chi connectivity index (χ3n) is 3.91. The number of hydrogen-bond donors (Lipinski definition) is 2. The molecule has 1 unspecified atom stereocenters. The maximum atomic E-state index is 12.0. The van der Waals surface area contributed by atoms with Gasteiger partial charge in [0.2, 0.25) is 0 Å². The minimum absolute atomic E-state index is 0.116. The predicted octanol–water partition coefficient (Wildman–Crippen LogP) is 1.23. The van der Waals surface area contributed by atoms with Crippen LogP contribution in [-0.4, -0.2) is 54.2 Å². The van der Waals surface area contributed by atoms with E-state index in [1.807, 2.05) is 6.92 Å². The molecule has 0 aromatic heterocycles. The number of likely N-dealkylation sites (tertiary alicyclic amines) is 1. The van der Waals surface area contributed by atoms with Crippen molar-refractivity contribution < 1.29 is 24.2 Å². The highest BCUT2D eigenvalue weighted by Crippen LogP contribution is 2.33. The van der Waals surface area contributed by atoms with E-state index in [0.717, 1.165) is 0 Å². The van der Waals surface area contributed by atoms with Gasteiger partial charge in [-0.2, -0.15) is 0 Å². The molecule has 0 radical (unpaired) electrons. The number of hydrogen-bond acceptors (Lipinski definition) is 4. The monoisotopic (exact) mass is 300 g/mol. The van der Waals surface area contributed by atoms with Gasteiger partial charge in [-0.3, -0.25) is 9.59 Å². The van der Waals surface area contributed by atoms with E-state index in [0.29, 0.717) is 32.4 Å². The minimum Gasteiger partial charge on any atom is -0.481 e. The van der Waals surface area contributed by atoms with Crippen molar-refractivity contribution in [2.24, 2.45) is 5.41 Å². The summed E-state index contributed by atoms with van der Waals surface area (Å²) in [4.78, 5) is 36.2. The molecule has 1 fully saturated rings. The summed E-state index contributed by atoms with van der Waals surface area (Å²) in [6, 6.07) is -0.321. The molecule has 1 aliphatic rings. The van der Waals surface area contributed by atoms with Gasteiger partial charge in [0.05, 0.1) is 18.4 Å². The fraction of sp³-hybridized carbons (Fsp3) is 0.786. The number of nitrogens with zero attached hydrogens (tertiary/aromatic N) is 1. The molecule has 0 aromatic carbocycles. The SMILES string of the molecule is CCOC(=O)CCNC(=O)N1CCCC(CC)(C(=O)O)C1. The van der Waals surface area contributed by atoms with Crippen LogP contribution in [-0.2, 0) is 14.3 Å². The quantitative estimate of drug-likeness (QED) is 0.719. The maximum absolute atomic E-state index is 12.0. The second-order valence-corrected chi connectivity index (χ2v) is 5.25. The highest BCUT2D eigenvalue weighted by Gasteiger charge is 2.42. The molecular formula is C14H24N2O5. The third-order valence-corrected chi connectivity index (χ3v) is 3.91. The lowest BCUT2D eigenvalue weighted by Gasteiger charge is -2.39. The molecule has 2 N–H and O–H groups in total. The molecular weight excluding hydrogens is 276 g/mol. The second-order valence-electron chi connectivity index (χ2n) is 5.25. The van der Waals surface area contributed by atoms with Crippen molar-refractivity contribution in [3.05, 3.63) is 0 Å². The summed E-state index contributed by atoms with van der Waals surface area (Å²) in [5.74, 6) is -1.21. The number of aliphatic carboxylic acids is 1. The van der Waals surface area contributed by atoms with Gasteiger partial charge in [-0.25, -0.2) is 4.79 Å². The van der Waals surface area contributed by atoms with Crippen LogP contribution in [0.4, 0.5) is 4.79 Å². The molecule has 1 rings (SSSR count). The van der Waals surface area contributed by atoms with Crippen molar-refractivity contribution in [1.82, 2.24) is 10.2 Å². The summed E-state index contributed by atoms with van der Waals surface area (Å²) >= 11 is 0. The van der Waals surface area contributed by atoms with Crippen LogP contribution in [0.3, 0.4) is 0 Å². The molecule has 0 aromatic rings. The lowest BCUT2D eigenvalue weighted by molar-refractivity contribution is -0.152. The third kappa shape index (κ3) is 4.61. The highest BCUT2D eigenvalue weighted by atomic mass is 16.5. The molecule has 7 nitrogen and oxygen atoms in total. The normalized spacial score (nSPS) is 21.7. The lowest BCUT2D eigenvalue weighted by atomic mass is 9.78. The van der Waals surface area contributed by atoms with E-state index in [9.17, 15) is 19.5 Å². The van der Waals surface area contributed by atoms with Gasteiger partial charge >= 0.3 is 18.0 Å². The molecule has 0 spiro atoms. The Morgan fingerprint density at radius 1 is 1.33 bits per heavy atom. The number of carboxylic acid groups (broad SMARTS) is 1. The van der Waals surface area contributed by atoms with E-state index in [1.54, 1.807) is 6.92 Å². The van der Waals surface area contributed by atoms with Crippen LogP contribution in [0.5, 0.6) is 0 Å². The molecule has 0 bridgehead atoms. The largest absolute Gasteiger partial charge is 0.481 e. The maximum Gasteiger partial charge on any atom is 0.317 e. The number of piperidine rings is 1. The van der Waals surface area contributed by atoms with Gasteiger partial charge in [-0.05, 0) is 26.2 Å². The molecule has 1 heterocycles. The molecule has 7 heteroatoms. The Morgan fingerprint density at radius 2 is 2.05 bits per heavy atom. The Morgan fingerprint density at radius 3 is 2.62 bits per heavy atom. The number of nitrogens with one attached hydrogen (secondary N) is 1. The van der Waals surface area contributed by atoms with Gasteiger partial charge in [0.1, 0.15) is 0 Å². The zero-order chi connectivity index (χ0) is 15.9. The number of carboxylic acids is 1. The van der Waals surface area contributed by atoms with Gasteiger partial charge in [-0.15, -0.1) is 0 Å². The average Bonchev–Trinajstić information content (AvgIpc) is 2.47. The van der Waals surface area contributed by atoms with E-state index in [-0.39, 0.29) is 31.5 Å². The number of ether oxygens (including phenoxy) is 1. The van der Waals surface area contributed by atoms with Crippen LogP contribution in [0.2, 0.25) is 0 Å². The summed E-state index contributed by atoms with van der Waals surface area (Å²) in [7, 11) is 0. The first kappa shape index (κ1) is 17.3. The zero-order valence-electron chi connectivity index (χ0n) is 12.7. The number of esters is 1. The van der Waals surface area contributed by atoms with Gasteiger partial charge in [0.25, 0.3) is 0 Å². The van der Waals surface area contributed by atoms with Gasteiger partial charge in [0.15, 0.2) is 0 Å². The molecule has 1 aliphatic heterocycles. The van der Waals surface area contributed by atoms with Crippen molar-refractivity contribution in [1.29, 1.82) is 0 Å². The van der Waals surface area contributed by atoms with Crippen molar-refractivity contribution >= 4 is 18.0 Å². The van der Waals surface area contributed by atoms with Crippen LogP contribution in [0.15, 0.2) is 0 Å². The number of urea groups is 1. The Labute approximate surface area is 124 Å². The van der Waals surface area contributed by atoms with E-state index >= 15 is 0 Å². The summed E-state index contributed by atoms with van der Waals surface area (Å²) in [5, 5.41) is 12.0. The van der Waals surface area contributed by atoms with E-state index in [4.69, 9.17) is 4.74 Å². The second kappa shape index (κ2) is 7.85. The van der Waals surface area contributed by atoms with E-state index in [1.165, 1.54) is 4.90 Å². The molecule has 1 saturated heterocycles. The molecule has 0 saturated carbocycles. The summed E-state index contributed by atoms with van der Waals surface area (Å²) < 4.78 is 4.77. The topological polar surface area (TPSA) is 95.9 Å². The fourth-order valence-electron chi connectivity index (χ4n) is 2.54.